The third-order valence-corrected chi connectivity index (χ3v) is 5.82. The van der Waals surface area contributed by atoms with E-state index in [-0.39, 0.29) is 36.0 Å². The van der Waals surface area contributed by atoms with Gasteiger partial charge in [-0.1, -0.05) is 36.4 Å². The van der Waals surface area contributed by atoms with Crippen LogP contribution in [0, 0.1) is 0 Å². The van der Waals surface area contributed by atoms with Crippen molar-refractivity contribution < 1.29 is 9.53 Å². The van der Waals surface area contributed by atoms with E-state index < -0.39 is 0 Å². The second-order valence-electron chi connectivity index (χ2n) is 7.88. The van der Waals surface area contributed by atoms with Crippen molar-refractivity contribution in [2.45, 2.75) is 18.9 Å². The fourth-order valence-electron chi connectivity index (χ4n) is 4.10. The summed E-state index contributed by atoms with van der Waals surface area (Å²) in [7, 11) is 1.74. The number of para-hydroxylation sites is 2. The molecule has 8 heteroatoms. The van der Waals surface area contributed by atoms with Crippen LogP contribution in [0.2, 0.25) is 0 Å². The molecule has 0 aliphatic carbocycles. The lowest BCUT2D eigenvalue weighted by molar-refractivity contribution is -0.131. The van der Waals surface area contributed by atoms with E-state index in [0.717, 1.165) is 38.3 Å². The normalized spacial score (nSPS) is 17.8. The summed E-state index contributed by atoms with van der Waals surface area (Å²) in [6.07, 6.45) is 1.45. The van der Waals surface area contributed by atoms with Crippen molar-refractivity contribution in [1.29, 1.82) is 0 Å². The van der Waals surface area contributed by atoms with Crippen molar-refractivity contribution >= 4 is 41.5 Å². The molecule has 1 amide bonds. The second-order valence-corrected chi connectivity index (χ2v) is 7.88. The number of ether oxygens (including phenoxy) is 1. The number of amides is 1. The van der Waals surface area contributed by atoms with Gasteiger partial charge in [0.2, 0.25) is 5.91 Å². The van der Waals surface area contributed by atoms with E-state index in [9.17, 15) is 4.79 Å². The molecule has 0 aromatic heterocycles. The zero-order chi connectivity index (χ0) is 21.5. The quantitative estimate of drug-likeness (QED) is 0.330. The lowest BCUT2D eigenvalue weighted by Crippen LogP contribution is -2.49. The lowest BCUT2D eigenvalue weighted by atomic mass is 10.1. The lowest BCUT2D eigenvalue weighted by Gasteiger charge is -2.36. The Kier molecular flexibility index (Phi) is 9.01. The molecule has 2 N–H and O–H groups in total. The average molecular weight is 549 g/mol. The van der Waals surface area contributed by atoms with Gasteiger partial charge in [0.25, 0.3) is 0 Å². The summed E-state index contributed by atoms with van der Waals surface area (Å²) in [5, 5.41) is 6.55. The van der Waals surface area contributed by atoms with E-state index in [1.54, 1.807) is 7.05 Å². The minimum atomic E-state index is 0. The Bertz CT molecular complexity index is 875. The predicted octanol–water partition coefficient (Wildman–Crippen LogP) is 2.51. The molecule has 4 rings (SSSR count). The molecule has 1 atom stereocenters. The maximum Gasteiger partial charge on any atom is 0.224 e. The van der Waals surface area contributed by atoms with Crippen LogP contribution in [-0.4, -0.2) is 69.2 Å². The number of piperazine rings is 1. The molecule has 2 aromatic carbocycles. The predicted molar refractivity (Wildman–Crippen MR) is 139 cm³/mol. The molecule has 1 unspecified atom stereocenters. The van der Waals surface area contributed by atoms with Gasteiger partial charge in [-0.3, -0.25) is 9.79 Å². The molecule has 2 heterocycles. The number of nitrogens with one attached hydrogen (secondary N) is 2. The number of fused-ring (bicyclic) bond motifs is 1. The van der Waals surface area contributed by atoms with Crippen molar-refractivity contribution in [1.82, 2.24) is 15.5 Å². The Morgan fingerprint density at radius 3 is 2.47 bits per heavy atom. The number of hydrogen-bond acceptors (Lipinski definition) is 4. The Labute approximate surface area is 207 Å². The molecule has 0 spiro atoms. The van der Waals surface area contributed by atoms with Crippen LogP contribution in [0.3, 0.4) is 0 Å². The van der Waals surface area contributed by atoms with Crippen molar-refractivity contribution in [2.24, 2.45) is 4.99 Å². The van der Waals surface area contributed by atoms with E-state index in [4.69, 9.17) is 4.74 Å². The summed E-state index contributed by atoms with van der Waals surface area (Å²) in [6, 6.07) is 18.5. The Morgan fingerprint density at radius 1 is 1.03 bits per heavy atom. The van der Waals surface area contributed by atoms with Crippen molar-refractivity contribution in [3.63, 3.8) is 0 Å². The molecule has 172 valence electrons. The first-order chi connectivity index (χ1) is 15.2. The highest BCUT2D eigenvalue weighted by atomic mass is 127. The molecule has 2 aromatic rings. The summed E-state index contributed by atoms with van der Waals surface area (Å²) in [5.41, 5.74) is 2.47. The molecule has 1 fully saturated rings. The molecule has 32 heavy (non-hydrogen) atoms. The third kappa shape index (κ3) is 6.27. The number of guanidine groups is 1. The van der Waals surface area contributed by atoms with Gasteiger partial charge in [-0.05, 0) is 23.8 Å². The SMILES string of the molecule is CN=C(NCCC(=O)N1CCN(c2ccccc2)CC1)NCC1Cc2ccccc2O1.I. The molecular formula is C24H32IN5O2. The van der Waals surface area contributed by atoms with Gasteiger partial charge >= 0.3 is 0 Å². The Balaban J connectivity index is 0.00000289. The van der Waals surface area contributed by atoms with Crippen LogP contribution in [-0.2, 0) is 11.2 Å². The molecule has 0 saturated carbocycles. The minimum absolute atomic E-state index is 0. The minimum Gasteiger partial charge on any atom is -0.488 e. The van der Waals surface area contributed by atoms with E-state index >= 15 is 0 Å². The fourth-order valence-corrected chi connectivity index (χ4v) is 4.10. The summed E-state index contributed by atoms with van der Waals surface area (Å²) in [5.74, 6) is 1.85. The number of hydrogen-bond donors (Lipinski definition) is 2. The summed E-state index contributed by atoms with van der Waals surface area (Å²) in [6.45, 7) is 4.50. The number of anilines is 1. The highest BCUT2D eigenvalue weighted by molar-refractivity contribution is 14.0. The number of rotatable bonds is 6. The molecule has 0 bridgehead atoms. The summed E-state index contributed by atoms with van der Waals surface area (Å²) >= 11 is 0. The summed E-state index contributed by atoms with van der Waals surface area (Å²) < 4.78 is 5.95. The zero-order valence-electron chi connectivity index (χ0n) is 18.5. The van der Waals surface area contributed by atoms with Crippen LogP contribution in [0.4, 0.5) is 5.69 Å². The maximum atomic E-state index is 12.6. The topological polar surface area (TPSA) is 69.2 Å². The standard InChI is InChI=1S/C24H31N5O2.HI/c1-25-24(27-18-21-17-19-7-5-6-10-22(19)31-21)26-12-11-23(30)29-15-13-28(14-16-29)20-8-3-2-4-9-20;/h2-10,21H,11-18H2,1H3,(H2,25,26,27);1H. The molecule has 2 aliphatic rings. The Hall–Kier alpha value is -2.49. The average Bonchev–Trinajstić information content (AvgIpc) is 3.25. The highest BCUT2D eigenvalue weighted by Crippen LogP contribution is 2.27. The number of carbonyl (C=O) groups is 1. The number of benzene rings is 2. The molecular weight excluding hydrogens is 517 g/mol. The number of nitrogens with zero attached hydrogens (tertiary/aromatic N) is 3. The van der Waals surface area contributed by atoms with E-state index in [1.165, 1.54) is 11.3 Å². The molecule has 0 radical (unpaired) electrons. The van der Waals surface area contributed by atoms with Crippen LogP contribution in [0.5, 0.6) is 5.75 Å². The van der Waals surface area contributed by atoms with E-state index in [2.05, 4.69) is 50.9 Å². The van der Waals surface area contributed by atoms with Crippen LogP contribution in [0.25, 0.3) is 0 Å². The monoisotopic (exact) mass is 549 g/mol. The van der Waals surface area contributed by atoms with Crippen LogP contribution in [0.15, 0.2) is 59.6 Å². The number of aliphatic imine (C=N–C) groups is 1. The molecule has 1 saturated heterocycles. The van der Waals surface area contributed by atoms with Crippen molar-refractivity contribution in [2.75, 3.05) is 51.2 Å². The van der Waals surface area contributed by atoms with Gasteiger partial charge in [-0.25, -0.2) is 0 Å². The van der Waals surface area contributed by atoms with Crippen molar-refractivity contribution in [3.8, 4) is 5.75 Å². The van der Waals surface area contributed by atoms with Gasteiger partial charge < -0.3 is 25.2 Å². The van der Waals surface area contributed by atoms with Gasteiger partial charge in [-0.15, -0.1) is 24.0 Å². The maximum absolute atomic E-state index is 12.6. The fraction of sp³-hybridized carbons (Fsp3) is 0.417. The second kappa shape index (κ2) is 11.9. The van der Waals surface area contributed by atoms with Gasteiger partial charge in [0.05, 0.1) is 6.54 Å². The van der Waals surface area contributed by atoms with Crippen LogP contribution >= 0.6 is 24.0 Å². The largest absolute Gasteiger partial charge is 0.488 e. The molecule has 2 aliphatic heterocycles. The Morgan fingerprint density at radius 2 is 1.75 bits per heavy atom. The van der Waals surface area contributed by atoms with Crippen molar-refractivity contribution in [3.05, 3.63) is 60.2 Å². The first kappa shape index (κ1) is 24.2. The van der Waals surface area contributed by atoms with Crippen LogP contribution < -0.4 is 20.3 Å². The van der Waals surface area contributed by atoms with Gasteiger partial charge in [0, 0.05) is 58.3 Å². The third-order valence-electron chi connectivity index (χ3n) is 5.82. The molecule has 7 nitrogen and oxygen atoms in total. The first-order valence-electron chi connectivity index (χ1n) is 11.0. The van der Waals surface area contributed by atoms with E-state index in [0.29, 0.717) is 25.5 Å². The first-order valence-corrected chi connectivity index (χ1v) is 11.0. The number of halogens is 1. The van der Waals surface area contributed by atoms with Gasteiger partial charge in [-0.2, -0.15) is 0 Å². The number of carbonyl (C=O) groups excluding carboxylic acids is 1. The highest BCUT2D eigenvalue weighted by Gasteiger charge is 2.23. The van der Waals surface area contributed by atoms with Gasteiger partial charge in [0.1, 0.15) is 11.9 Å². The van der Waals surface area contributed by atoms with E-state index in [1.807, 2.05) is 29.2 Å². The smallest absolute Gasteiger partial charge is 0.224 e. The van der Waals surface area contributed by atoms with Crippen LogP contribution in [0.1, 0.15) is 12.0 Å². The summed E-state index contributed by atoms with van der Waals surface area (Å²) in [4.78, 5) is 21.1. The van der Waals surface area contributed by atoms with Gasteiger partial charge in [0.15, 0.2) is 5.96 Å². The zero-order valence-corrected chi connectivity index (χ0v) is 20.8.